The fourth-order valence-electron chi connectivity index (χ4n) is 5.37. The van der Waals surface area contributed by atoms with Gasteiger partial charge in [0, 0.05) is 33.1 Å². The van der Waals surface area contributed by atoms with E-state index in [9.17, 15) is 9.59 Å². The zero-order chi connectivity index (χ0) is 25.1. The van der Waals surface area contributed by atoms with E-state index in [0.717, 1.165) is 38.6 Å². The lowest BCUT2D eigenvalue weighted by molar-refractivity contribution is -0.142. The Kier molecular flexibility index (Phi) is 12.3. The molecule has 0 radical (unpaired) electrons. The lowest BCUT2D eigenvalue weighted by Crippen LogP contribution is -2.48. The Morgan fingerprint density at radius 2 is 1.71 bits per heavy atom. The molecule has 5 heteroatoms. The summed E-state index contributed by atoms with van der Waals surface area (Å²) in [6.45, 7) is 9.26. The van der Waals surface area contributed by atoms with Gasteiger partial charge >= 0.3 is 0 Å². The molecule has 0 N–H and O–H groups in total. The van der Waals surface area contributed by atoms with Gasteiger partial charge in [-0.15, -0.1) is 0 Å². The first-order valence-electron chi connectivity index (χ1n) is 13.2. The summed E-state index contributed by atoms with van der Waals surface area (Å²) in [6, 6.07) is -0.0494. The third-order valence-electron chi connectivity index (χ3n) is 8.09. The Bertz CT molecular complexity index is 712. The van der Waals surface area contributed by atoms with Gasteiger partial charge < -0.3 is 14.4 Å². The molecule has 0 aromatic carbocycles. The van der Waals surface area contributed by atoms with Gasteiger partial charge in [-0.2, -0.15) is 0 Å². The summed E-state index contributed by atoms with van der Waals surface area (Å²) in [5, 5.41) is 0. The lowest BCUT2D eigenvalue weighted by Gasteiger charge is -2.35. The van der Waals surface area contributed by atoms with Crippen LogP contribution in [0.15, 0.2) is 36.5 Å². The molecular weight excluding hydrogens is 426 g/mol. The van der Waals surface area contributed by atoms with Crippen molar-refractivity contribution in [1.82, 2.24) is 4.90 Å². The first-order chi connectivity index (χ1) is 16.3. The van der Waals surface area contributed by atoms with Crippen LogP contribution in [0.2, 0.25) is 0 Å². The normalized spacial score (nSPS) is 22.9. The number of ether oxygens (including phenoxy) is 2. The number of rotatable bonds is 14. The zero-order valence-corrected chi connectivity index (χ0v) is 22.2. The molecule has 1 heterocycles. The number of hydrogen-bond acceptors (Lipinski definition) is 4. The van der Waals surface area contributed by atoms with E-state index >= 15 is 0 Å². The van der Waals surface area contributed by atoms with Crippen LogP contribution in [0, 0.1) is 23.7 Å². The number of likely N-dealkylation sites (tertiary alicyclic amines) is 1. The summed E-state index contributed by atoms with van der Waals surface area (Å²) in [6.07, 6.45) is 17.8. The molecule has 0 aromatic heterocycles. The van der Waals surface area contributed by atoms with Crippen molar-refractivity contribution in [3.63, 3.8) is 0 Å². The number of carbonyl (C=O) groups excluding carboxylic acids is 2. The Labute approximate surface area is 207 Å². The summed E-state index contributed by atoms with van der Waals surface area (Å²) >= 11 is 0. The molecule has 0 unspecified atom stereocenters. The molecule has 5 nitrogen and oxygen atoms in total. The van der Waals surface area contributed by atoms with Crippen LogP contribution < -0.4 is 0 Å². The first-order valence-corrected chi connectivity index (χ1v) is 13.2. The largest absolute Gasteiger partial charge is 0.381 e. The molecule has 1 amide bonds. The molecule has 2 rings (SSSR count). The average Bonchev–Trinajstić information content (AvgIpc) is 3.18. The van der Waals surface area contributed by atoms with E-state index in [4.69, 9.17) is 9.47 Å². The van der Waals surface area contributed by atoms with Crippen LogP contribution in [-0.4, -0.2) is 55.6 Å². The van der Waals surface area contributed by atoms with Gasteiger partial charge in [0.15, 0.2) is 0 Å². The molecular formula is C29H47NO4. The first kappa shape index (κ1) is 28.5. The number of allylic oxidation sites excluding steroid dienone is 6. The summed E-state index contributed by atoms with van der Waals surface area (Å²) in [5.41, 5.74) is 0. The van der Waals surface area contributed by atoms with Crippen LogP contribution in [0.25, 0.3) is 0 Å². The molecule has 0 bridgehead atoms. The number of nitrogens with zero attached hydrogens (tertiary/aromatic N) is 1. The predicted octanol–water partition coefficient (Wildman–Crippen LogP) is 5.75. The van der Waals surface area contributed by atoms with Gasteiger partial charge in [-0.1, -0.05) is 70.6 Å². The van der Waals surface area contributed by atoms with Gasteiger partial charge in [-0.05, 0) is 43.4 Å². The van der Waals surface area contributed by atoms with Crippen LogP contribution in [0.5, 0.6) is 0 Å². The van der Waals surface area contributed by atoms with Crippen molar-refractivity contribution in [2.24, 2.45) is 23.7 Å². The van der Waals surface area contributed by atoms with Crippen LogP contribution in [0.1, 0.15) is 72.6 Å². The van der Waals surface area contributed by atoms with E-state index in [1.807, 2.05) is 24.0 Å². The number of methoxy groups -OCH3 is 2. The van der Waals surface area contributed by atoms with Crippen molar-refractivity contribution in [2.75, 3.05) is 20.8 Å². The minimum absolute atomic E-state index is 0.0494. The number of amides is 1. The highest BCUT2D eigenvalue weighted by atomic mass is 16.5. The van der Waals surface area contributed by atoms with E-state index in [2.05, 4.69) is 45.1 Å². The second kappa shape index (κ2) is 14.6. The quantitative estimate of drug-likeness (QED) is 0.322. The number of Topliss-reactive ketones (excluding diaryl/α,β-unsaturated/α-hetero) is 1. The molecule has 0 spiro atoms. The van der Waals surface area contributed by atoms with Crippen molar-refractivity contribution >= 4 is 11.7 Å². The molecule has 1 saturated heterocycles. The molecule has 1 fully saturated rings. The van der Waals surface area contributed by atoms with Crippen LogP contribution in [-0.2, 0) is 19.1 Å². The third-order valence-corrected chi connectivity index (χ3v) is 8.09. The fraction of sp³-hybridized carbons (Fsp3) is 0.724. The van der Waals surface area contributed by atoms with E-state index < -0.39 is 0 Å². The average molecular weight is 474 g/mol. The SMILES string of the molecule is CC[C@H](C)[C@H](C)[C@@H](CC(=O)N1CCC[C@H]1[C@H](OC)[C@@H](C)C(=O)CCCC1C=CC=CC=C1)OC. The topological polar surface area (TPSA) is 55.8 Å². The smallest absolute Gasteiger partial charge is 0.225 e. The fourth-order valence-corrected chi connectivity index (χ4v) is 5.37. The summed E-state index contributed by atoms with van der Waals surface area (Å²) in [5.74, 6) is 1.30. The molecule has 6 atom stereocenters. The van der Waals surface area contributed by atoms with Gasteiger partial charge in [-0.3, -0.25) is 9.59 Å². The summed E-state index contributed by atoms with van der Waals surface area (Å²) in [4.78, 5) is 28.3. The van der Waals surface area contributed by atoms with E-state index in [0.29, 0.717) is 30.6 Å². The standard InChI is InChI=1S/C29H47NO4/c1-7-21(2)22(3)27(33-5)20-28(32)30-19-13-17-25(30)29(34-6)23(4)26(31)18-12-16-24-14-10-8-9-11-15-24/h8-11,14-15,21-25,27,29H,7,12-13,16-20H2,1-6H3/t21-,22-,23-,25-,27+,29+/m0/s1. The predicted molar refractivity (Wildman–Crippen MR) is 138 cm³/mol. The van der Waals surface area contributed by atoms with E-state index in [1.54, 1.807) is 14.2 Å². The van der Waals surface area contributed by atoms with E-state index in [-0.39, 0.29) is 35.9 Å². The minimum Gasteiger partial charge on any atom is -0.381 e. The molecule has 1 aliphatic heterocycles. The number of hydrogen-bond donors (Lipinski definition) is 0. The van der Waals surface area contributed by atoms with E-state index in [1.165, 1.54) is 0 Å². The molecule has 0 aromatic rings. The highest BCUT2D eigenvalue weighted by Crippen LogP contribution is 2.30. The Hall–Kier alpha value is -1.72. The Balaban J connectivity index is 1.95. The maximum absolute atomic E-state index is 13.3. The van der Waals surface area contributed by atoms with Gasteiger partial charge in [-0.25, -0.2) is 0 Å². The van der Waals surface area contributed by atoms with Gasteiger partial charge in [0.2, 0.25) is 5.91 Å². The van der Waals surface area contributed by atoms with Gasteiger partial charge in [0.25, 0.3) is 0 Å². The maximum Gasteiger partial charge on any atom is 0.225 e. The van der Waals surface area contributed by atoms with Crippen LogP contribution >= 0.6 is 0 Å². The Morgan fingerprint density at radius 3 is 2.29 bits per heavy atom. The van der Waals surface area contributed by atoms with Crippen molar-refractivity contribution in [2.45, 2.75) is 90.9 Å². The molecule has 2 aliphatic rings. The van der Waals surface area contributed by atoms with Crippen LogP contribution in [0.4, 0.5) is 0 Å². The molecule has 0 saturated carbocycles. The van der Waals surface area contributed by atoms with Crippen molar-refractivity contribution in [3.8, 4) is 0 Å². The van der Waals surface area contributed by atoms with Gasteiger partial charge in [0.1, 0.15) is 5.78 Å². The third kappa shape index (κ3) is 7.91. The minimum atomic E-state index is -0.270. The zero-order valence-electron chi connectivity index (χ0n) is 22.2. The molecule has 1 aliphatic carbocycles. The molecule has 192 valence electrons. The molecule has 34 heavy (non-hydrogen) atoms. The second-order valence-corrected chi connectivity index (χ2v) is 10.2. The number of ketones is 1. The lowest BCUT2D eigenvalue weighted by atomic mass is 9.86. The second-order valence-electron chi connectivity index (χ2n) is 10.2. The Morgan fingerprint density at radius 1 is 1.03 bits per heavy atom. The van der Waals surface area contributed by atoms with Crippen LogP contribution in [0.3, 0.4) is 0 Å². The van der Waals surface area contributed by atoms with Gasteiger partial charge in [0.05, 0.1) is 24.7 Å². The monoisotopic (exact) mass is 473 g/mol. The maximum atomic E-state index is 13.3. The van der Waals surface area contributed by atoms with Crippen molar-refractivity contribution in [1.29, 1.82) is 0 Å². The summed E-state index contributed by atoms with van der Waals surface area (Å²) in [7, 11) is 3.38. The number of carbonyl (C=O) groups is 2. The van der Waals surface area contributed by atoms with Crippen molar-refractivity contribution < 1.29 is 19.1 Å². The highest BCUT2D eigenvalue weighted by molar-refractivity contribution is 5.82. The summed E-state index contributed by atoms with van der Waals surface area (Å²) < 4.78 is 11.6. The highest BCUT2D eigenvalue weighted by Gasteiger charge is 2.40. The van der Waals surface area contributed by atoms with Crippen molar-refractivity contribution in [3.05, 3.63) is 36.5 Å².